The molecule has 27 nitrogen and oxygen atoms in total. The Hall–Kier alpha value is -3.55. The van der Waals surface area contributed by atoms with Gasteiger partial charge in [-0.25, -0.2) is 27.8 Å². The molecule has 4 heterocycles. The molecule has 9 N–H and O–H groups in total. The van der Waals surface area contributed by atoms with Crippen molar-refractivity contribution >= 4 is 36.8 Å². The second-order valence-electron chi connectivity index (χ2n) is 11.3. The molecule has 2 fully saturated rings. The maximum absolute atomic E-state index is 12.4. The molecule has 2 aliphatic heterocycles. The van der Waals surface area contributed by atoms with E-state index in [1.807, 2.05) is 4.98 Å². The number of aromatic nitrogens is 4. The van der Waals surface area contributed by atoms with Crippen molar-refractivity contribution in [3.05, 3.63) is 102 Å². The van der Waals surface area contributed by atoms with Gasteiger partial charge in [-0.2, -0.15) is 4.31 Å². The Morgan fingerprint density at radius 1 is 0.724 bits per heavy atom. The minimum absolute atomic E-state index is 0. The Labute approximate surface area is 325 Å². The van der Waals surface area contributed by atoms with Crippen LogP contribution in [0, 0.1) is 0 Å². The van der Waals surface area contributed by atoms with E-state index in [1.54, 1.807) is 30.3 Å². The lowest BCUT2D eigenvalue weighted by molar-refractivity contribution is -0.147. The molecule has 0 spiro atoms. The van der Waals surface area contributed by atoms with E-state index in [4.69, 9.17) is 48.2 Å². The predicted molar refractivity (Wildman–Crippen MR) is 193 cm³/mol. The first-order valence-electron chi connectivity index (χ1n) is 15.2. The van der Waals surface area contributed by atoms with Crippen molar-refractivity contribution in [2.45, 2.75) is 64.9 Å². The summed E-state index contributed by atoms with van der Waals surface area (Å²) in [5.74, 6) is -0.674. The molecule has 2 aliphatic rings. The summed E-state index contributed by atoms with van der Waals surface area (Å²) in [6, 6.07) is 10.2. The number of benzene rings is 1. The van der Waals surface area contributed by atoms with Gasteiger partial charge in [0.25, 0.3) is 11.1 Å². The third kappa shape index (κ3) is 15.6. The van der Waals surface area contributed by atoms with E-state index in [2.05, 4.69) is 13.6 Å². The predicted octanol–water partition coefficient (Wildman–Crippen LogP) is -0.0405. The molecule has 58 heavy (non-hydrogen) atoms. The van der Waals surface area contributed by atoms with E-state index < -0.39 is 109 Å². The monoisotopic (exact) mass is 912 g/mol. The zero-order valence-electron chi connectivity index (χ0n) is 27.8. The van der Waals surface area contributed by atoms with Crippen molar-refractivity contribution < 1.29 is 89.8 Å². The fraction of sp³-hybridized carbons (Fsp3) is 0.444. The second kappa shape index (κ2) is 20.6. The van der Waals surface area contributed by atoms with E-state index >= 15 is 0 Å². The molecule has 2 saturated heterocycles. The molecule has 326 valence electrons. The summed E-state index contributed by atoms with van der Waals surface area (Å²) in [4.78, 5) is 116. The third-order valence-corrected chi connectivity index (χ3v) is 11.4. The number of hydrogen-bond acceptors (Lipinski definition) is 17. The summed E-state index contributed by atoms with van der Waals surface area (Å²) in [6.45, 7) is 0. The van der Waals surface area contributed by atoms with Crippen LogP contribution in [0.4, 0.5) is 0 Å². The molecule has 5 rings (SSSR count). The number of aliphatic hydroxyl groups is 1. The summed E-state index contributed by atoms with van der Waals surface area (Å²) in [5, 5.41) is 9.94. The van der Waals surface area contributed by atoms with Crippen LogP contribution in [0.1, 0.15) is 50.5 Å². The molecule has 0 amide bonds. The second-order valence-corrected chi connectivity index (χ2v) is 17.7. The number of phosphoric acid groups is 2. The molecule has 31 heteroatoms. The minimum Gasteiger partial charge on any atom is -0.454 e. The number of aromatic amines is 2. The molecule has 0 saturated carbocycles. The van der Waals surface area contributed by atoms with Crippen LogP contribution in [0.25, 0.3) is 0 Å². The number of rotatable bonds is 14. The normalized spacial score (nSPS) is 23.8. The molecule has 2 aromatic heterocycles. The summed E-state index contributed by atoms with van der Waals surface area (Å²) >= 11 is 0. The van der Waals surface area contributed by atoms with Gasteiger partial charge in [0.05, 0.1) is 5.56 Å². The number of ether oxygens (including phenoxy) is 5. The van der Waals surface area contributed by atoms with Crippen LogP contribution in [0.2, 0.25) is 0 Å². The lowest BCUT2D eigenvalue weighted by atomic mass is 10.2. The van der Waals surface area contributed by atoms with Crippen molar-refractivity contribution in [3.8, 4) is 0 Å². The van der Waals surface area contributed by atoms with Gasteiger partial charge in [-0.05, 0) is 12.1 Å². The summed E-state index contributed by atoms with van der Waals surface area (Å²) in [5.41, 5.74) is -2.73. The van der Waals surface area contributed by atoms with Crippen molar-refractivity contribution in [1.82, 2.24) is 19.1 Å². The zero-order chi connectivity index (χ0) is 41.6. The topological polar surface area (TPSA) is 401 Å². The Morgan fingerprint density at radius 3 is 1.74 bits per heavy atom. The van der Waals surface area contributed by atoms with Crippen LogP contribution < -0.4 is 22.5 Å². The first-order chi connectivity index (χ1) is 25.9. The maximum Gasteiger partial charge on any atom is 0.488 e. The van der Waals surface area contributed by atoms with Crippen LogP contribution in [0.5, 0.6) is 0 Å². The summed E-state index contributed by atoms with van der Waals surface area (Å²) in [7, 11) is -20.6. The number of nitrogens with zero attached hydrogens (tertiary/aromatic N) is 2. The first-order valence-corrected chi connectivity index (χ1v) is 21.8. The molecule has 0 aliphatic carbocycles. The van der Waals surface area contributed by atoms with Crippen molar-refractivity contribution in [2.24, 2.45) is 0 Å². The van der Waals surface area contributed by atoms with Gasteiger partial charge >= 0.3 is 48.2 Å². The first kappa shape index (κ1) is 50.6. The van der Waals surface area contributed by atoms with Crippen LogP contribution in [-0.2, 0) is 50.6 Å². The van der Waals surface area contributed by atoms with E-state index in [-0.39, 0.29) is 33.3 Å². The van der Waals surface area contributed by atoms with Gasteiger partial charge in [0, 0.05) is 37.4 Å². The molecule has 3 aromatic rings. The van der Waals surface area contributed by atoms with Gasteiger partial charge in [0.15, 0.2) is 43.8 Å². The van der Waals surface area contributed by atoms with Gasteiger partial charge in [0.1, 0.15) is 6.10 Å². The highest BCUT2D eigenvalue weighted by Crippen LogP contribution is 2.66. The van der Waals surface area contributed by atoms with Gasteiger partial charge in [0.2, 0.25) is 0 Å². The zero-order valence-corrected chi connectivity index (χ0v) is 31.4. The summed E-state index contributed by atoms with van der Waals surface area (Å²) < 4.78 is 79.5. The highest BCUT2D eigenvalue weighted by molar-refractivity contribution is 7.68. The molecule has 1 aromatic carbocycles. The number of carbonyl (C=O) groups is 1. The molecule has 8 atom stereocenters. The van der Waals surface area contributed by atoms with Crippen molar-refractivity contribution in [1.29, 1.82) is 0 Å². The van der Waals surface area contributed by atoms with Gasteiger partial charge in [-0.1, -0.05) is 33.1 Å². The van der Waals surface area contributed by atoms with Crippen LogP contribution in [0.15, 0.2) is 74.0 Å². The average Bonchev–Trinajstić information content (AvgIpc) is 3.64. The van der Waals surface area contributed by atoms with E-state index in [1.165, 1.54) is 6.20 Å². The fourth-order valence-electron chi connectivity index (χ4n) is 4.76. The van der Waals surface area contributed by atoms with Gasteiger partial charge in [-0.3, -0.25) is 37.8 Å². The highest BCUT2D eigenvalue weighted by Gasteiger charge is 2.43. The standard InChI is InChI=1S/C16H17N2O9P.C9H15N2O14P3.2CH4/c19-12-6-7-18(16(21)17-12)14-11(8-13(27-14)25-9-28(22,23)24)26-15(20)10-4-2-1-3-5-10;12-5-3-7(23-8(5)11-2-1-6(13)10-9(11)14)22-4-26(15,16)24-28(20,21)25-27(17,18)19;;/h1-7,11,13-14H,8-9H2,(H,17,19,21)(H2,22,23,24);1-2,5,7-8,12H,3-4H2,(H,15,16)(H,20,21)(H,10,13,14)(H2,17,18,19);2*1H4/t11-,13-,14+;5-,7-,8+;;/m00../s1. The van der Waals surface area contributed by atoms with Crippen LogP contribution in [0.3, 0.4) is 0 Å². The number of carbonyl (C=O) groups excluding carboxylic acids is 1. The number of aliphatic hydroxyl groups excluding tert-OH is 1. The van der Waals surface area contributed by atoms with E-state index in [0.717, 1.165) is 27.5 Å². The average molecular weight is 913 g/mol. The molecule has 0 bridgehead atoms. The third-order valence-electron chi connectivity index (χ3n) is 6.90. The highest BCUT2D eigenvalue weighted by atomic mass is 31.3. The van der Waals surface area contributed by atoms with Crippen LogP contribution in [-0.4, -0.2) is 97.0 Å². The van der Waals surface area contributed by atoms with Gasteiger partial charge in [-0.15, -0.1) is 0 Å². The Bertz CT molecular complexity index is 2290. The molecular weight excluding hydrogens is 872 g/mol. The number of H-pyrrole nitrogens is 2. The largest absolute Gasteiger partial charge is 0.488 e. The molecule has 0 radical (unpaired) electrons. The minimum atomic E-state index is -5.61. The Balaban J connectivity index is 0.000000387. The van der Waals surface area contributed by atoms with Crippen molar-refractivity contribution in [3.63, 3.8) is 0 Å². The summed E-state index contributed by atoms with van der Waals surface area (Å²) in [6.07, 6.45) is -7.65. The Kier molecular flexibility index (Phi) is 18.0. The Morgan fingerprint density at radius 2 is 1.22 bits per heavy atom. The lowest BCUT2D eigenvalue weighted by Crippen LogP contribution is -2.36. The van der Waals surface area contributed by atoms with Gasteiger partial charge < -0.3 is 58.2 Å². The fourth-order valence-corrected chi connectivity index (χ4v) is 8.42. The van der Waals surface area contributed by atoms with E-state index in [0.29, 0.717) is 0 Å². The smallest absolute Gasteiger partial charge is 0.454 e. The number of esters is 1. The van der Waals surface area contributed by atoms with Crippen LogP contribution >= 0.6 is 30.8 Å². The number of hydrogen-bond donors (Lipinski definition) is 9. The lowest BCUT2D eigenvalue weighted by Gasteiger charge is -2.20. The number of nitrogens with one attached hydrogen (secondary N) is 2. The SMILES string of the molecule is C.C.O=C(O[C@H]1C[C@@H](OCP(=O)(O)O)O[C@H]1n1ccc(=O)[nH]c1=O)c1ccccc1.O=c1ccn([C@@H]2O[C@H](OCP(=O)(O)OP(=O)(O)OP(=O)(O)O)C[C@@H]2O)c(=O)[nH]1. The van der Waals surface area contributed by atoms with Crippen molar-refractivity contribution in [2.75, 3.05) is 12.7 Å². The molecular formula is C27H40N4O23P4. The maximum atomic E-state index is 12.4. The van der Waals surface area contributed by atoms with E-state index in [9.17, 15) is 52.2 Å². The molecule has 2 unspecified atom stereocenters. The quantitative estimate of drug-likeness (QED) is 0.0756.